The molecular weight excluding hydrogens is 275 g/mol. The van der Waals surface area contributed by atoms with Crippen molar-refractivity contribution in [3.63, 3.8) is 0 Å². The first-order valence-corrected chi connectivity index (χ1v) is 5.78. The van der Waals surface area contributed by atoms with E-state index in [1.807, 2.05) is 0 Å². The third-order valence-corrected chi connectivity index (χ3v) is 3.34. The maximum Gasteiger partial charge on any atom is 0.402 e. The highest BCUT2D eigenvalue weighted by Gasteiger charge is 2.40. The monoisotopic (exact) mass is 289 g/mol. The van der Waals surface area contributed by atoms with E-state index in [-0.39, 0.29) is 6.54 Å². The minimum Gasteiger partial charge on any atom is -0.389 e. The maximum atomic E-state index is 12.3. The molecule has 1 N–H and O–H groups in total. The van der Waals surface area contributed by atoms with Gasteiger partial charge in [-0.25, -0.2) is 0 Å². The number of alkyl halides is 4. The van der Waals surface area contributed by atoms with E-state index in [9.17, 15) is 18.3 Å². The summed E-state index contributed by atoms with van der Waals surface area (Å²) >= 11 is 2.62. The second kappa shape index (κ2) is 4.59. The van der Waals surface area contributed by atoms with Gasteiger partial charge in [-0.05, 0) is 26.3 Å². The molecule has 6 heteroatoms. The predicted molar refractivity (Wildman–Crippen MR) is 55.1 cm³/mol. The zero-order chi connectivity index (χ0) is 11.7. The van der Waals surface area contributed by atoms with Crippen molar-refractivity contribution in [2.45, 2.75) is 36.4 Å². The average molecular weight is 290 g/mol. The molecule has 90 valence electrons. The number of hydrogen-bond acceptors (Lipinski definition) is 2. The molecule has 1 aliphatic rings. The largest absolute Gasteiger partial charge is 0.402 e. The smallest absolute Gasteiger partial charge is 0.389 e. The van der Waals surface area contributed by atoms with Crippen molar-refractivity contribution < 1.29 is 18.3 Å². The highest BCUT2D eigenvalue weighted by Crippen LogP contribution is 2.29. The fourth-order valence-electron chi connectivity index (χ4n) is 1.81. The van der Waals surface area contributed by atoms with Gasteiger partial charge in [0.25, 0.3) is 0 Å². The van der Waals surface area contributed by atoms with Crippen LogP contribution in [0.1, 0.15) is 19.8 Å². The second-order valence-corrected chi connectivity index (χ2v) is 5.45. The number of likely N-dealkylation sites (tertiary alicyclic amines) is 1. The number of β-amino-alcohol motifs (C(OH)–C–C–N with tert-alkyl or cyclic N) is 1. The number of rotatable bonds is 2. The van der Waals surface area contributed by atoms with Crippen LogP contribution in [-0.4, -0.2) is 46.2 Å². The Morgan fingerprint density at radius 2 is 2.13 bits per heavy atom. The highest BCUT2D eigenvalue weighted by atomic mass is 79.9. The van der Waals surface area contributed by atoms with Gasteiger partial charge in [0.2, 0.25) is 0 Å². The standard InChI is InChI=1S/C9H15BrF3NO/c1-8(15)3-2-4-14(6-8)5-7(10)9(11,12)13/h7,15H,2-6H2,1H3. The lowest BCUT2D eigenvalue weighted by Crippen LogP contribution is -2.49. The van der Waals surface area contributed by atoms with Crippen molar-refractivity contribution in [2.75, 3.05) is 19.6 Å². The van der Waals surface area contributed by atoms with Crippen LogP contribution in [0.2, 0.25) is 0 Å². The van der Waals surface area contributed by atoms with E-state index in [4.69, 9.17) is 0 Å². The van der Waals surface area contributed by atoms with Gasteiger partial charge in [0.1, 0.15) is 4.83 Å². The normalized spacial score (nSPS) is 31.6. The molecule has 2 nitrogen and oxygen atoms in total. The van der Waals surface area contributed by atoms with Gasteiger partial charge in [-0.2, -0.15) is 13.2 Å². The van der Waals surface area contributed by atoms with Crippen LogP contribution in [0.4, 0.5) is 13.2 Å². The Labute approximate surface area is 95.6 Å². The van der Waals surface area contributed by atoms with Crippen LogP contribution >= 0.6 is 15.9 Å². The van der Waals surface area contributed by atoms with Gasteiger partial charge in [-0.1, -0.05) is 15.9 Å². The van der Waals surface area contributed by atoms with Crippen LogP contribution in [-0.2, 0) is 0 Å². The summed E-state index contributed by atoms with van der Waals surface area (Å²) in [5.41, 5.74) is -0.851. The average Bonchev–Trinajstić information content (AvgIpc) is 2.00. The summed E-state index contributed by atoms with van der Waals surface area (Å²) in [5, 5.41) is 9.72. The molecule has 1 heterocycles. The molecular formula is C9H15BrF3NO. The van der Waals surface area contributed by atoms with Gasteiger partial charge < -0.3 is 5.11 Å². The minimum absolute atomic E-state index is 0.0976. The number of hydrogen-bond donors (Lipinski definition) is 1. The molecule has 15 heavy (non-hydrogen) atoms. The van der Waals surface area contributed by atoms with Crippen LogP contribution in [0.25, 0.3) is 0 Å². The SMILES string of the molecule is CC1(O)CCCN(CC(Br)C(F)(F)F)C1. The molecule has 0 aromatic carbocycles. The van der Waals surface area contributed by atoms with Crippen molar-refractivity contribution in [2.24, 2.45) is 0 Å². The fraction of sp³-hybridized carbons (Fsp3) is 1.00. The van der Waals surface area contributed by atoms with Crippen molar-refractivity contribution in [1.29, 1.82) is 0 Å². The van der Waals surface area contributed by atoms with Crippen molar-refractivity contribution >= 4 is 15.9 Å². The molecule has 1 fully saturated rings. The van der Waals surface area contributed by atoms with Crippen molar-refractivity contribution in [3.05, 3.63) is 0 Å². The fourth-order valence-corrected chi connectivity index (χ4v) is 2.22. The number of halogens is 4. The van der Waals surface area contributed by atoms with Gasteiger partial charge in [-0.15, -0.1) is 0 Å². The zero-order valence-corrected chi connectivity index (χ0v) is 10.1. The molecule has 0 radical (unpaired) electrons. The summed E-state index contributed by atoms with van der Waals surface area (Å²) in [6.45, 7) is 2.50. The van der Waals surface area contributed by atoms with E-state index in [0.29, 0.717) is 19.5 Å². The van der Waals surface area contributed by atoms with E-state index in [1.54, 1.807) is 11.8 Å². The van der Waals surface area contributed by atoms with Crippen LogP contribution in [0.5, 0.6) is 0 Å². The van der Waals surface area contributed by atoms with E-state index in [2.05, 4.69) is 15.9 Å². The molecule has 2 unspecified atom stereocenters. The van der Waals surface area contributed by atoms with E-state index in [0.717, 1.165) is 6.42 Å². The Balaban J connectivity index is 2.45. The third-order valence-electron chi connectivity index (χ3n) is 2.53. The Kier molecular flexibility index (Phi) is 4.06. The molecule has 2 atom stereocenters. The van der Waals surface area contributed by atoms with Gasteiger partial charge in [0.05, 0.1) is 5.60 Å². The molecule has 0 saturated carbocycles. The lowest BCUT2D eigenvalue weighted by molar-refractivity contribution is -0.133. The number of piperidine rings is 1. The summed E-state index contributed by atoms with van der Waals surface area (Å²) in [7, 11) is 0. The lowest BCUT2D eigenvalue weighted by atomic mass is 9.95. The molecule has 0 aromatic heterocycles. The van der Waals surface area contributed by atoms with Gasteiger partial charge in [-0.3, -0.25) is 4.90 Å². The molecule has 0 bridgehead atoms. The highest BCUT2D eigenvalue weighted by molar-refractivity contribution is 9.09. The second-order valence-electron chi connectivity index (χ2n) is 4.34. The Bertz CT molecular complexity index is 220. The van der Waals surface area contributed by atoms with Crippen LogP contribution in [0, 0.1) is 0 Å². The quantitative estimate of drug-likeness (QED) is 0.788. The Morgan fingerprint density at radius 3 is 2.60 bits per heavy atom. The lowest BCUT2D eigenvalue weighted by Gasteiger charge is -2.37. The summed E-state index contributed by atoms with van der Waals surface area (Å²) in [6.07, 6.45) is -2.82. The van der Waals surface area contributed by atoms with Crippen molar-refractivity contribution in [1.82, 2.24) is 4.90 Å². The van der Waals surface area contributed by atoms with Gasteiger partial charge >= 0.3 is 6.18 Å². The molecule has 1 saturated heterocycles. The Hall–Kier alpha value is 0.190. The van der Waals surface area contributed by atoms with Gasteiger partial charge in [0.15, 0.2) is 0 Å². The third kappa shape index (κ3) is 4.28. The van der Waals surface area contributed by atoms with Gasteiger partial charge in [0, 0.05) is 13.1 Å². The minimum atomic E-state index is -4.22. The summed E-state index contributed by atoms with van der Waals surface area (Å²) < 4.78 is 36.8. The first-order valence-electron chi connectivity index (χ1n) is 4.86. The first kappa shape index (κ1) is 13.3. The summed E-state index contributed by atoms with van der Waals surface area (Å²) in [6, 6.07) is 0. The molecule has 0 amide bonds. The summed E-state index contributed by atoms with van der Waals surface area (Å²) in [4.78, 5) is 0.134. The predicted octanol–water partition coefficient (Wildman–Crippen LogP) is 2.16. The van der Waals surface area contributed by atoms with E-state index < -0.39 is 16.6 Å². The molecule has 1 rings (SSSR count). The summed E-state index contributed by atoms with van der Waals surface area (Å²) in [5.74, 6) is 0. The molecule has 1 aliphatic heterocycles. The molecule has 0 aliphatic carbocycles. The van der Waals surface area contributed by atoms with Crippen LogP contribution in [0.15, 0.2) is 0 Å². The van der Waals surface area contributed by atoms with Crippen LogP contribution in [0.3, 0.4) is 0 Å². The van der Waals surface area contributed by atoms with E-state index >= 15 is 0 Å². The maximum absolute atomic E-state index is 12.3. The van der Waals surface area contributed by atoms with Crippen molar-refractivity contribution in [3.8, 4) is 0 Å². The zero-order valence-electron chi connectivity index (χ0n) is 8.52. The van der Waals surface area contributed by atoms with Crippen LogP contribution < -0.4 is 0 Å². The van der Waals surface area contributed by atoms with E-state index in [1.165, 1.54) is 0 Å². The Morgan fingerprint density at radius 1 is 1.53 bits per heavy atom. The number of aliphatic hydroxyl groups is 1. The number of nitrogens with zero attached hydrogens (tertiary/aromatic N) is 1. The first-order chi connectivity index (χ1) is 6.71. The molecule has 0 aromatic rings. The molecule has 0 spiro atoms. The topological polar surface area (TPSA) is 23.5 Å².